The number of nitrogens with zero attached hydrogens (tertiary/aromatic N) is 1. The van der Waals surface area contributed by atoms with E-state index in [1.807, 2.05) is 0 Å². The van der Waals surface area contributed by atoms with Gasteiger partial charge in [0.25, 0.3) is 0 Å². The van der Waals surface area contributed by atoms with Gasteiger partial charge in [0.1, 0.15) is 0 Å². The van der Waals surface area contributed by atoms with Gasteiger partial charge in [-0.1, -0.05) is 12.2 Å². The Morgan fingerprint density at radius 2 is 2.38 bits per heavy atom. The summed E-state index contributed by atoms with van der Waals surface area (Å²) in [5.41, 5.74) is 5.59. The highest BCUT2D eigenvalue weighted by atomic mass is 32.1. The summed E-state index contributed by atoms with van der Waals surface area (Å²) >= 11 is 4.96. The van der Waals surface area contributed by atoms with Crippen LogP contribution in [0.25, 0.3) is 0 Å². The van der Waals surface area contributed by atoms with Crippen LogP contribution in [0, 0.1) is 5.92 Å². The quantitative estimate of drug-likeness (QED) is 0.701. The van der Waals surface area contributed by atoms with E-state index in [0.29, 0.717) is 17.3 Å². The van der Waals surface area contributed by atoms with Gasteiger partial charge in [-0.3, -0.25) is 4.39 Å². The second-order valence-corrected chi connectivity index (χ2v) is 4.06. The van der Waals surface area contributed by atoms with Crippen molar-refractivity contribution in [3.05, 3.63) is 0 Å². The fraction of sp³-hybridized carbons (Fsp3) is 0.889. The maximum Gasteiger partial charge on any atom is 0.0906 e. The van der Waals surface area contributed by atoms with E-state index in [2.05, 4.69) is 4.90 Å². The predicted octanol–water partition coefficient (Wildman–Crippen LogP) is 1.34. The molecule has 0 radical (unpaired) electrons. The van der Waals surface area contributed by atoms with E-state index in [-0.39, 0.29) is 6.67 Å². The number of piperidine rings is 1. The zero-order valence-corrected chi connectivity index (χ0v) is 8.65. The van der Waals surface area contributed by atoms with Gasteiger partial charge in [-0.15, -0.1) is 0 Å². The van der Waals surface area contributed by atoms with Crippen LogP contribution in [0.2, 0.25) is 0 Å². The van der Waals surface area contributed by atoms with Crippen molar-refractivity contribution in [2.75, 3.05) is 26.3 Å². The number of rotatable bonds is 4. The molecule has 1 saturated heterocycles. The van der Waals surface area contributed by atoms with Gasteiger partial charge in [-0.25, -0.2) is 0 Å². The molecule has 0 aromatic rings. The van der Waals surface area contributed by atoms with Crippen LogP contribution in [0.15, 0.2) is 0 Å². The minimum Gasteiger partial charge on any atom is -0.393 e. The lowest BCUT2D eigenvalue weighted by atomic mass is 9.98. The predicted molar refractivity (Wildman–Crippen MR) is 56.5 cm³/mol. The Hall–Kier alpha value is -0.220. The summed E-state index contributed by atoms with van der Waals surface area (Å²) in [6.45, 7) is 2.61. The van der Waals surface area contributed by atoms with Gasteiger partial charge in [0.2, 0.25) is 0 Å². The van der Waals surface area contributed by atoms with E-state index >= 15 is 0 Å². The molecule has 1 unspecified atom stereocenters. The van der Waals surface area contributed by atoms with Crippen LogP contribution < -0.4 is 5.73 Å². The van der Waals surface area contributed by atoms with E-state index in [9.17, 15) is 4.39 Å². The Kier molecular flexibility index (Phi) is 4.59. The largest absolute Gasteiger partial charge is 0.393 e. The Bertz CT molecular complexity index is 175. The second kappa shape index (κ2) is 5.50. The fourth-order valence-electron chi connectivity index (χ4n) is 1.77. The van der Waals surface area contributed by atoms with Crippen molar-refractivity contribution in [3.8, 4) is 0 Å². The molecule has 2 N–H and O–H groups in total. The molecule has 1 rings (SSSR count). The molecule has 0 aromatic carbocycles. The third kappa shape index (κ3) is 3.56. The monoisotopic (exact) mass is 204 g/mol. The van der Waals surface area contributed by atoms with Gasteiger partial charge in [0.05, 0.1) is 11.7 Å². The maximum atomic E-state index is 11.9. The zero-order valence-electron chi connectivity index (χ0n) is 7.84. The molecule has 1 atom stereocenters. The van der Waals surface area contributed by atoms with Crippen LogP contribution in [-0.2, 0) is 0 Å². The molecule has 1 aliphatic heterocycles. The molecule has 4 heteroatoms. The van der Waals surface area contributed by atoms with Crippen LogP contribution in [-0.4, -0.2) is 36.2 Å². The standard InChI is InChI=1S/C9H17FN2S/c10-4-2-6-12-5-1-3-8(7-12)9(11)13/h8H,1-7H2,(H2,11,13). The molecule has 0 spiro atoms. The molecule has 13 heavy (non-hydrogen) atoms. The van der Waals surface area contributed by atoms with Crippen molar-refractivity contribution < 1.29 is 4.39 Å². The highest BCUT2D eigenvalue weighted by Gasteiger charge is 2.20. The van der Waals surface area contributed by atoms with E-state index < -0.39 is 0 Å². The van der Waals surface area contributed by atoms with Crippen LogP contribution >= 0.6 is 12.2 Å². The minimum absolute atomic E-state index is 0.228. The Morgan fingerprint density at radius 3 is 3.00 bits per heavy atom. The minimum atomic E-state index is -0.228. The first-order chi connectivity index (χ1) is 6.24. The molecule has 76 valence electrons. The molecule has 0 aliphatic carbocycles. The first kappa shape index (κ1) is 10.9. The Labute approximate surface area is 84.3 Å². The zero-order chi connectivity index (χ0) is 9.68. The number of thiocarbonyl (C=S) groups is 1. The average Bonchev–Trinajstić information content (AvgIpc) is 2.15. The molecule has 0 aromatic heterocycles. The number of hydrogen-bond acceptors (Lipinski definition) is 2. The van der Waals surface area contributed by atoms with Crippen molar-refractivity contribution in [1.82, 2.24) is 4.90 Å². The first-order valence-corrected chi connectivity index (χ1v) is 5.22. The summed E-state index contributed by atoms with van der Waals surface area (Å²) in [6, 6.07) is 0. The summed E-state index contributed by atoms with van der Waals surface area (Å²) in [7, 11) is 0. The molecule has 1 heterocycles. The van der Waals surface area contributed by atoms with Crippen molar-refractivity contribution in [2.24, 2.45) is 11.7 Å². The molecule has 2 nitrogen and oxygen atoms in total. The van der Waals surface area contributed by atoms with Crippen LogP contribution in [0.1, 0.15) is 19.3 Å². The Balaban J connectivity index is 2.29. The summed E-state index contributed by atoms with van der Waals surface area (Å²) in [4.78, 5) is 2.87. The van der Waals surface area contributed by atoms with Gasteiger partial charge in [-0.2, -0.15) is 0 Å². The molecule has 1 fully saturated rings. The van der Waals surface area contributed by atoms with E-state index in [4.69, 9.17) is 18.0 Å². The van der Waals surface area contributed by atoms with Crippen LogP contribution in [0.5, 0.6) is 0 Å². The summed E-state index contributed by atoms with van der Waals surface area (Å²) in [5, 5.41) is 0. The number of likely N-dealkylation sites (tertiary alicyclic amines) is 1. The van der Waals surface area contributed by atoms with Gasteiger partial charge < -0.3 is 10.6 Å². The fourth-order valence-corrected chi connectivity index (χ4v) is 1.97. The lowest BCUT2D eigenvalue weighted by molar-refractivity contribution is 0.197. The second-order valence-electron chi connectivity index (χ2n) is 3.58. The van der Waals surface area contributed by atoms with Crippen molar-refractivity contribution in [1.29, 1.82) is 0 Å². The summed E-state index contributed by atoms with van der Waals surface area (Å²) in [5.74, 6) is 0.350. The number of alkyl halides is 1. The molecule has 0 saturated carbocycles. The normalized spacial score (nSPS) is 24.5. The third-order valence-electron chi connectivity index (χ3n) is 2.52. The summed E-state index contributed by atoms with van der Waals surface area (Å²) < 4.78 is 11.9. The Morgan fingerprint density at radius 1 is 1.62 bits per heavy atom. The smallest absolute Gasteiger partial charge is 0.0906 e. The van der Waals surface area contributed by atoms with E-state index in [0.717, 1.165) is 32.5 Å². The highest BCUT2D eigenvalue weighted by molar-refractivity contribution is 7.80. The summed E-state index contributed by atoms with van der Waals surface area (Å²) in [6.07, 6.45) is 2.86. The van der Waals surface area contributed by atoms with Crippen molar-refractivity contribution >= 4 is 17.2 Å². The van der Waals surface area contributed by atoms with Gasteiger partial charge in [0.15, 0.2) is 0 Å². The molecular weight excluding hydrogens is 187 g/mol. The highest BCUT2D eigenvalue weighted by Crippen LogP contribution is 2.16. The molecule has 0 bridgehead atoms. The van der Waals surface area contributed by atoms with Gasteiger partial charge >= 0.3 is 0 Å². The number of halogens is 1. The van der Waals surface area contributed by atoms with Crippen molar-refractivity contribution in [2.45, 2.75) is 19.3 Å². The molecule has 0 amide bonds. The van der Waals surface area contributed by atoms with Crippen LogP contribution in [0.3, 0.4) is 0 Å². The molecule has 1 aliphatic rings. The third-order valence-corrected chi connectivity index (χ3v) is 2.85. The molecular formula is C9H17FN2S. The lowest BCUT2D eigenvalue weighted by Crippen LogP contribution is -2.40. The SMILES string of the molecule is NC(=S)C1CCCN(CCCF)C1. The van der Waals surface area contributed by atoms with Crippen molar-refractivity contribution in [3.63, 3.8) is 0 Å². The first-order valence-electron chi connectivity index (χ1n) is 4.81. The van der Waals surface area contributed by atoms with E-state index in [1.165, 1.54) is 0 Å². The maximum absolute atomic E-state index is 11.9. The number of hydrogen-bond donors (Lipinski definition) is 1. The topological polar surface area (TPSA) is 29.3 Å². The lowest BCUT2D eigenvalue weighted by Gasteiger charge is -2.31. The van der Waals surface area contributed by atoms with Crippen LogP contribution in [0.4, 0.5) is 4.39 Å². The van der Waals surface area contributed by atoms with Gasteiger partial charge in [0, 0.05) is 19.0 Å². The average molecular weight is 204 g/mol. The van der Waals surface area contributed by atoms with E-state index in [1.54, 1.807) is 0 Å². The number of nitrogens with two attached hydrogens (primary N) is 1. The van der Waals surface area contributed by atoms with Gasteiger partial charge in [-0.05, 0) is 25.8 Å².